The van der Waals surface area contributed by atoms with Crippen LogP contribution in [0.15, 0.2) is 36.4 Å². The Bertz CT molecular complexity index is 573. The highest BCUT2D eigenvalue weighted by Gasteiger charge is 2.08. The molecule has 20 heavy (non-hydrogen) atoms. The first kappa shape index (κ1) is 14.3. The molecule has 0 amide bonds. The van der Waals surface area contributed by atoms with Crippen LogP contribution in [0.2, 0.25) is 0 Å². The summed E-state index contributed by atoms with van der Waals surface area (Å²) >= 11 is 0. The Kier molecular flexibility index (Phi) is 4.51. The van der Waals surface area contributed by atoms with Crippen molar-refractivity contribution in [2.45, 2.75) is 27.4 Å². The van der Waals surface area contributed by atoms with Gasteiger partial charge in [-0.1, -0.05) is 18.2 Å². The van der Waals surface area contributed by atoms with Crippen LogP contribution in [0.4, 0.5) is 5.69 Å². The van der Waals surface area contributed by atoms with Gasteiger partial charge in [0.05, 0.1) is 6.61 Å². The second-order valence-corrected chi connectivity index (χ2v) is 4.81. The van der Waals surface area contributed by atoms with E-state index in [2.05, 4.69) is 0 Å². The van der Waals surface area contributed by atoms with Gasteiger partial charge in [0, 0.05) is 11.3 Å². The fourth-order valence-corrected chi connectivity index (χ4v) is 2.19. The van der Waals surface area contributed by atoms with Crippen LogP contribution in [0.3, 0.4) is 0 Å². The topological polar surface area (TPSA) is 44.5 Å². The first-order valence-electron chi connectivity index (χ1n) is 6.82. The number of ether oxygens (including phenoxy) is 2. The molecule has 0 aliphatic carbocycles. The first-order chi connectivity index (χ1) is 9.61. The average Bonchev–Trinajstić information content (AvgIpc) is 2.41. The van der Waals surface area contributed by atoms with Gasteiger partial charge in [-0.2, -0.15) is 0 Å². The van der Waals surface area contributed by atoms with Gasteiger partial charge in [0.2, 0.25) is 0 Å². The fraction of sp³-hybridized carbons (Fsp3) is 0.294. The summed E-state index contributed by atoms with van der Waals surface area (Å²) in [5.74, 6) is 1.75. The molecule has 0 saturated heterocycles. The van der Waals surface area contributed by atoms with Crippen molar-refractivity contribution >= 4 is 5.69 Å². The van der Waals surface area contributed by atoms with Gasteiger partial charge in [0.1, 0.15) is 18.1 Å². The zero-order valence-corrected chi connectivity index (χ0v) is 12.3. The molecule has 0 saturated carbocycles. The molecule has 3 heteroatoms. The quantitative estimate of drug-likeness (QED) is 0.840. The SMILES string of the molecule is CCOc1ccc(N)cc1COc1c(C)cccc1C. The summed E-state index contributed by atoms with van der Waals surface area (Å²) in [6, 6.07) is 11.8. The minimum Gasteiger partial charge on any atom is -0.493 e. The van der Waals surface area contributed by atoms with Crippen molar-refractivity contribution in [2.75, 3.05) is 12.3 Å². The minimum atomic E-state index is 0.450. The lowest BCUT2D eigenvalue weighted by Crippen LogP contribution is -2.03. The molecule has 2 N–H and O–H groups in total. The highest BCUT2D eigenvalue weighted by molar-refractivity contribution is 5.48. The Hall–Kier alpha value is -2.16. The summed E-state index contributed by atoms with van der Waals surface area (Å²) < 4.78 is 11.6. The van der Waals surface area contributed by atoms with Gasteiger partial charge in [0.15, 0.2) is 0 Å². The van der Waals surface area contributed by atoms with Gasteiger partial charge in [0.25, 0.3) is 0 Å². The Balaban J connectivity index is 2.20. The van der Waals surface area contributed by atoms with E-state index in [9.17, 15) is 0 Å². The van der Waals surface area contributed by atoms with Crippen molar-refractivity contribution in [2.24, 2.45) is 0 Å². The summed E-state index contributed by atoms with van der Waals surface area (Å²) in [5, 5.41) is 0. The number of nitrogens with two attached hydrogens (primary N) is 1. The van der Waals surface area contributed by atoms with Crippen molar-refractivity contribution < 1.29 is 9.47 Å². The maximum absolute atomic E-state index is 5.96. The molecule has 0 atom stereocenters. The molecule has 0 aliphatic rings. The molecule has 0 radical (unpaired) electrons. The maximum atomic E-state index is 5.96. The average molecular weight is 271 g/mol. The summed E-state index contributed by atoms with van der Waals surface area (Å²) in [7, 11) is 0. The molecule has 2 rings (SSSR count). The molecule has 0 heterocycles. The van der Waals surface area contributed by atoms with Crippen LogP contribution in [0, 0.1) is 13.8 Å². The van der Waals surface area contributed by atoms with Gasteiger partial charge >= 0.3 is 0 Å². The summed E-state index contributed by atoms with van der Waals surface area (Å²) in [6.45, 7) is 7.13. The smallest absolute Gasteiger partial charge is 0.126 e. The van der Waals surface area contributed by atoms with E-state index in [1.165, 1.54) is 0 Å². The Labute approximate surface area is 120 Å². The Morgan fingerprint density at radius 1 is 1.00 bits per heavy atom. The standard InChI is InChI=1S/C17H21NO2/c1-4-19-16-9-8-15(18)10-14(16)11-20-17-12(2)6-5-7-13(17)3/h5-10H,4,11,18H2,1-3H3. The van der Waals surface area contributed by atoms with Gasteiger partial charge in [-0.25, -0.2) is 0 Å². The van der Waals surface area contributed by atoms with E-state index in [-0.39, 0.29) is 0 Å². The predicted octanol–water partition coefficient (Wildman–Crippen LogP) is 3.86. The Morgan fingerprint density at radius 2 is 1.70 bits per heavy atom. The molecule has 0 aromatic heterocycles. The highest BCUT2D eigenvalue weighted by atomic mass is 16.5. The van der Waals surface area contributed by atoms with E-state index in [4.69, 9.17) is 15.2 Å². The number of hydrogen-bond acceptors (Lipinski definition) is 3. The van der Waals surface area contributed by atoms with Gasteiger partial charge in [-0.05, 0) is 50.1 Å². The second-order valence-electron chi connectivity index (χ2n) is 4.81. The van der Waals surface area contributed by atoms with Crippen LogP contribution < -0.4 is 15.2 Å². The molecule has 0 spiro atoms. The molecule has 0 aliphatic heterocycles. The van der Waals surface area contributed by atoms with Crippen LogP contribution >= 0.6 is 0 Å². The van der Waals surface area contributed by atoms with E-state index < -0.39 is 0 Å². The molecule has 2 aromatic rings. The van der Waals surface area contributed by atoms with Crippen LogP contribution in [0.1, 0.15) is 23.6 Å². The molecule has 106 valence electrons. The largest absolute Gasteiger partial charge is 0.493 e. The van der Waals surface area contributed by atoms with Crippen molar-refractivity contribution in [3.63, 3.8) is 0 Å². The molecule has 3 nitrogen and oxygen atoms in total. The third kappa shape index (κ3) is 3.23. The zero-order valence-electron chi connectivity index (χ0n) is 12.3. The predicted molar refractivity (Wildman–Crippen MR) is 82.3 cm³/mol. The lowest BCUT2D eigenvalue weighted by atomic mass is 10.1. The number of hydrogen-bond donors (Lipinski definition) is 1. The van der Waals surface area contributed by atoms with Crippen molar-refractivity contribution in [3.05, 3.63) is 53.1 Å². The van der Waals surface area contributed by atoms with Crippen molar-refractivity contribution in [1.82, 2.24) is 0 Å². The third-order valence-electron chi connectivity index (χ3n) is 3.17. The maximum Gasteiger partial charge on any atom is 0.126 e. The van der Waals surface area contributed by atoms with Crippen LogP contribution in [-0.2, 0) is 6.61 Å². The number of para-hydroxylation sites is 1. The van der Waals surface area contributed by atoms with E-state index in [1.807, 2.05) is 57.2 Å². The summed E-state index contributed by atoms with van der Waals surface area (Å²) in [6.07, 6.45) is 0. The number of nitrogen functional groups attached to an aromatic ring is 1. The number of aryl methyl sites for hydroxylation is 2. The minimum absolute atomic E-state index is 0.450. The van der Waals surface area contributed by atoms with E-state index in [0.29, 0.717) is 18.9 Å². The van der Waals surface area contributed by atoms with Crippen LogP contribution in [0.5, 0.6) is 11.5 Å². The lowest BCUT2D eigenvalue weighted by Gasteiger charge is -2.15. The number of rotatable bonds is 5. The first-order valence-corrected chi connectivity index (χ1v) is 6.82. The van der Waals surface area contributed by atoms with Crippen LogP contribution in [-0.4, -0.2) is 6.61 Å². The van der Waals surface area contributed by atoms with Gasteiger partial charge < -0.3 is 15.2 Å². The van der Waals surface area contributed by atoms with Crippen molar-refractivity contribution in [3.8, 4) is 11.5 Å². The molecule has 0 fully saturated rings. The monoisotopic (exact) mass is 271 g/mol. The third-order valence-corrected chi connectivity index (χ3v) is 3.17. The lowest BCUT2D eigenvalue weighted by molar-refractivity contribution is 0.283. The highest BCUT2D eigenvalue weighted by Crippen LogP contribution is 2.27. The van der Waals surface area contributed by atoms with E-state index >= 15 is 0 Å². The normalized spacial score (nSPS) is 10.3. The summed E-state index contributed by atoms with van der Waals surface area (Å²) in [4.78, 5) is 0. The Morgan fingerprint density at radius 3 is 2.35 bits per heavy atom. The van der Waals surface area contributed by atoms with E-state index in [0.717, 1.165) is 28.2 Å². The molecule has 0 bridgehead atoms. The zero-order chi connectivity index (χ0) is 14.5. The van der Waals surface area contributed by atoms with Gasteiger partial charge in [-0.3, -0.25) is 0 Å². The number of anilines is 1. The van der Waals surface area contributed by atoms with E-state index in [1.54, 1.807) is 0 Å². The number of benzene rings is 2. The second kappa shape index (κ2) is 6.33. The van der Waals surface area contributed by atoms with Crippen LogP contribution in [0.25, 0.3) is 0 Å². The molecular formula is C17H21NO2. The summed E-state index contributed by atoms with van der Waals surface area (Å²) in [5.41, 5.74) is 9.79. The van der Waals surface area contributed by atoms with Gasteiger partial charge in [-0.15, -0.1) is 0 Å². The fourth-order valence-electron chi connectivity index (χ4n) is 2.19. The molecule has 2 aromatic carbocycles. The molecular weight excluding hydrogens is 250 g/mol. The van der Waals surface area contributed by atoms with Crippen molar-refractivity contribution in [1.29, 1.82) is 0 Å². The molecule has 0 unspecified atom stereocenters.